The second kappa shape index (κ2) is 7.45. The summed E-state index contributed by atoms with van der Waals surface area (Å²) in [6, 6.07) is 17.5. The predicted octanol–water partition coefficient (Wildman–Crippen LogP) is 3.94. The van der Waals surface area contributed by atoms with Gasteiger partial charge in [0.25, 0.3) is 10.0 Å². The highest BCUT2D eigenvalue weighted by molar-refractivity contribution is 7.92. The normalized spacial score (nSPS) is 11.0. The van der Waals surface area contributed by atoms with Crippen LogP contribution in [0, 0.1) is 6.92 Å². The summed E-state index contributed by atoms with van der Waals surface area (Å²) < 4.78 is 32.3. The Morgan fingerprint density at radius 1 is 0.885 bits per heavy atom. The second-order valence-electron chi connectivity index (χ2n) is 5.70. The first-order valence-electron chi connectivity index (χ1n) is 7.93. The van der Waals surface area contributed by atoms with Crippen LogP contribution in [0.3, 0.4) is 0 Å². The molecule has 0 atom stereocenters. The zero-order valence-corrected chi connectivity index (χ0v) is 15.2. The van der Waals surface area contributed by atoms with Crippen LogP contribution in [-0.4, -0.2) is 20.5 Å². The van der Waals surface area contributed by atoms with Crippen molar-refractivity contribution in [3.05, 3.63) is 72.4 Å². The van der Waals surface area contributed by atoms with Crippen molar-refractivity contribution in [2.24, 2.45) is 0 Å². The van der Waals surface area contributed by atoms with Crippen molar-refractivity contribution in [1.29, 1.82) is 0 Å². The van der Waals surface area contributed by atoms with Crippen LogP contribution in [0.1, 0.15) is 5.56 Å². The van der Waals surface area contributed by atoms with Gasteiger partial charge < -0.3 is 10.1 Å². The molecule has 0 fully saturated rings. The summed E-state index contributed by atoms with van der Waals surface area (Å²) in [5.41, 5.74) is 2.88. The van der Waals surface area contributed by atoms with Gasteiger partial charge in [-0.05, 0) is 55.5 Å². The van der Waals surface area contributed by atoms with E-state index in [1.807, 2.05) is 31.2 Å². The molecular weight excluding hydrogens is 350 g/mol. The van der Waals surface area contributed by atoms with Gasteiger partial charge in [0.05, 0.1) is 23.9 Å². The molecule has 7 heteroatoms. The molecule has 2 N–H and O–H groups in total. The van der Waals surface area contributed by atoms with Gasteiger partial charge in [0.2, 0.25) is 0 Å². The summed E-state index contributed by atoms with van der Waals surface area (Å²) >= 11 is 0. The maximum atomic E-state index is 12.4. The fourth-order valence-corrected chi connectivity index (χ4v) is 3.29. The van der Waals surface area contributed by atoms with Gasteiger partial charge in [-0.25, -0.2) is 13.4 Å². The third-order valence-corrected chi connectivity index (χ3v) is 5.08. The van der Waals surface area contributed by atoms with Gasteiger partial charge in [0.1, 0.15) is 11.6 Å². The largest absolute Gasteiger partial charge is 0.497 e. The van der Waals surface area contributed by atoms with Crippen molar-refractivity contribution in [3.63, 3.8) is 0 Å². The summed E-state index contributed by atoms with van der Waals surface area (Å²) in [7, 11) is -2.18. The van der Waals surface area contributed by atoms with Crippen molar-refractivity contribution in [2.75, 3.05) is 17.1 Å². The molecule has 0 saturated heterocycles. The molecule has 0 aliphatic carbocycles. The first-order chi connectivity index (χ1) is 12.5. The van der Waals surface area contributed by atoms with Crippen molar-refractivity contribution in [1.82, 2.24) is 4.98 Å². The van der Waals surface area contributed by atoms with Crippen LogP contribution in [0.4, 0.5) is 17.2 Å². The smallest absolute Gasteiger partial charge is 0.263 e. The lowest BCUT2D eigenvalue weighted by molar-refractivity contribution is 0.414. The molecule has 3 rings (SSSR count). The van der Waals surface area contributed by atoms with E-state index >= 15 is 0 Å². The van der Waals surface area contributed by atoms with Crippen molar-refractivity contribution in [3.8, 4) is 5.75 Å². The Morgan fingerprint density at radius 2 is 1.54 bits per heavy atom. The minimum atomic E-state index is -3.70. The average Bonchev–Trinajstić information content (AvgIpc) is 2.65. The lowest BCUT2D eigenvalue weighted by atomic mass is 10.2. The van der Waals surface area contributed by atoms with E-state index in [1.54, 1.807) is 30.5 Å². The number of benzene rings is 2. The summed E-state index contributed by atoms with van der Waals surface area (Å²) in [6.07, 6.45) is 1.58. The number of nitrogens with zero attached hydrogens (tertiary/aromatic N) is 1. The van der Waals surface area contributed by atoms with E-state index in [2.05, 4.69) is 15.0 Å². The molecule has 0 aliphatic rings. The van der Waals surface area contributed by atoms with Gasteiger partial charge in [-0.1, -0.05) is 17.7 Å². The molecule has 134 valence electrons. The van der Waals surface area contributed by atoms with Gasteiger partial charge in [-0.15, -0.1) is 0 Å². The van der Waals surface area contributed by atoms with E-state index in [0.29, 0.717) is 5.75 Å². The summed E-state index contributed by atoms with van der Waals surface area (Å²) in [4.78, 5) is 4.30. The third-order valence-electron chi connectivity index (χ3n) is 3.71. The minimum Gasteiger partial charge on any atom is -0.497 e. The first-order valence-corrected chi connectivity index (χ1v) is 9.41. The molecule has 3 aromatic rings. The van der Waals surface area contributed by atoms with Crippen LogP contribution >= 0.6 is 0 Å². The highest BCUT2D eigenvalue weighted by Gasteiger charge is 2.14. The Kier molecular flexibility index (Phi) is 5.09. The zero-order valence-electron chi connectivity index (χ0n) is 14.4. The van der Waals surface area contributed by atoms with E-state index in [4.69, 9.17) is 4.74 Å². The second-order valence-corrected chi connectivity index (χ2v) is 7.39. The van der Waals surface area contributed by atoms with Crippen LogP contribution in [0.5, 0.6) is 5.75 Å². The lowest BCUT2D eigenvalue weighted by Gasteiger charge is -2.10. The van der Waals surface area contributed by atoms with E-state index < -0.39 is 10.0 Å². The molecule has 0 amide bonds. The maximum absolute atomic E-state index is 12.4. The Labute approximate surface area is 152 Å². The average molecular weight is 369 g/mol. The van der Waals surface area contributed by atoms with E-state index in [0.717, 1.165) is 11.4 Å². The molecule has 0 bridgehead atoms. The van der Waals surface area contributed by atoms with Crippen LogP contribution in [0.2, 0.25) is 0 Å². The van der Waals surface area contributed by atoms with Crippen LogP contribution in [0.15, 0.2) is 71.8 Å². The van der Waals surface area contributed by atoms with E-state index in [9.17, 15) is 8.42 Å². The Morgan fingerprint density at radius 3 is 2.12 bits per heavy atom. The molecule has 6 nitrogen and oxygen atoms in total. The molecule has 1 heterocycles. The number of aromatic nitrogens is 1. The lowest BCUT2D eigenvalue weighted by Crippen LogP contribution is -2.13. The summed E-state index contributed by atoms with van der Waals surface area (Å²) in [5.74, 6) is 0.837. The highest BCUT2D eigenvalue weighted by Crippen LogP contribution is 2.20. The van der Waals surface area contributed by atoms with Crippen molar-refractivity contribution < 1.29 is 13.2 Å². The number of sulfonamides is 1. The Bertz CT molecular complexity index is 968. The van der Waals surface area contributed by atoms with Crippen LogP contribution in [0.25, 0.3) is 0 Å². The van der Waals surface area contributed by atoms with Gasteiger partial charge >= 0.3 is 0 Å². The molecule has 26 heavy (non-hydrogen) atoms. The molecular formula is C19H19N3O3S. The van der Waals surface area contributed by atoms with E-state index in [1.165, 1.54) is 24.8 Å². The maximum Gasteiger partial charge on any atom is 0.263 e. The van der Waals surface area contributed by atoms with Crippen LogP contribution in [-0.2, 0) is 10.0 Å². The third kappa shape index (κ3) is 4.31. The number of hydrogen-bond acceptors (Lipinski definition) is 5. The van der Waals surface area contributed by atoms with Crippen LogP contribution < -0.4 is 14.8 Å². The molecule has 1 aromatic heterocycles. The molecule has 2 aromatic carbocycles. The molecule has 0 unspecified atom stereocenters. The Hall–Kier alpha value is -3.06. The summed E-state index contributed by atoms with van der Waals surface area (Å²) in [6.45, 7) is 2.02. The van der Waals surface area contributed by atoms with E-state index in [-0.39, 0.29) is 10.7 Å². The highest BCUT2D eigenvalue weighted by atomic mass is 32.2. The number of ether oxygens (including phenoxy) is 1. The van der Waals surface area contributed by atoms with Gasteiger partial charge in [0.15, 0.2) is 0 Å². The number of nitrogens with one attached hydrogen (secondary N) is 2. The number of hydrogen-bond donors (Lipinski definition) is 2. The number of rotatable bonds is 6. The quantitative estimate of drug-likeness (QED) is 0.688. The van der Waals surface area contributed by atoms with Gasteiger partial charge in [-0.3, -0.25) is 4.72 Å². The standard InChI is InChI=1S/C19H19N3O3S/c1-14-3-5-15(6-4-14)21-16-7-12-19(20-13-16)22-26(23,24)18-10-8-17(25-2)9-11-18/h3-13,21H,1-2H3,(H,20,22). The SMILES string of the molecule is COc1ccc(S(=O)(=O)Nc2ccc(Nc3ccc(C)cc3)cn2)cc1. The molecule has 0 spiro atoms. The first kappa shape index (κ1) is 17.8. The Balaban J connectivity index is 1.70. The molecule has 0 radical (unpaired) electrons. The number of pyridine rings is 1. The monoisotopic (exact) mass is 369 g/mol. The number of aryl methyl sites for hydroxylation is 1. The summed E-state index contributed by atoms with van der Waals surface area (Å²) in [5, 5.41) is 3.21. The molecule has 0 aliphatic heterocycles. The predicted molar refractivity (Wildman–Crippen MR) is 103 cm³/mol. The van der Waals surface area contributed by atoms with Crippen molar-refractivity contribution in [2.45, 2.75) is 11.8 Å². The van der Waals surface area contributed by atoms with Gasteiger partial charge in [0, 0.05) is 5.69 Å². The zero-order chi connectivity index (χ0) is 18.6. The fourth-order valence-electron chi connectivity index (χ4n) is 2.28. The number of methoxy groups -OCH3 is 1. The van der Waals surface area contributed by atoms with Gasteiger partial charge in [-0.2, -0.15) is 0 Å². The van der Waals surface area contributed by atoms with Crippen molar-refractivity contribution >= 4 is 27.2 Å². The molecule has 0 saturated carbocycles. The minimum absolute atomic E-state index is 0.141. The number of anilines is 3. The fraction of sp³-hybridized carbons (Fsp3) is 0.105. The topological polar surface area (TPSA) is 80.3 Å².